The van der Waals surface area contributed by atoms with Gasteiger partial charge in [-0.05, 0) is 29.4 Å². The fourth-order valence-electron chi connectivity index (χ4n) is 2.96. The molecular weight excluding hydrogens is 314 g/mol. The van der Waals surface area contributed by atoms with Crippen LogP contribution in [-0.4, -0.2) is 24.1 Å². The van der Waals surface area contributed by atoms with E-state index in [0.717, 1.165) is 31.2 Å². The van der Waals surface area contributed by atoms with E-state index in [0.29, 0.717) is 0 Å². The molecule has 0 heterocycles. The lowest BCUT2D eigenvalue weighted by atomic mass is 9.87. The first-order chi connectivity index (χ1) is 11.9. The number of nitrogens with zero attached hydrogens (tertiary/aromatic N) is 1. The SMILES string of the molecule is CC(C)(C)c1ccc(/C=N\NC(=O)C(=O)NC2CCCCCC2)cc1. The first-order valence-corrected chi connectivity index (χ1v) is 9.11. The van der Waals surface area contributed by atoms with E-state index >= 15 is 0 Å². The molecule has 0 bridgehead atoms. The zero-order chi connectivity index (χ0) is 18.3. The van der Waals surface area contributed by atoms with Gasteiger partial charge < -0.3 is 5.32 Å². The van der Waals surface area contributed by atoms with Gasteiger partial charge in [0.2, 0.25) is 0 Å². The molecular formula is C20H29N3O2. The van der Waals surface area contributed by atoms with Crippen LogP contribution in [0.5, 0.6) is 0 Å². The van der Waals surface area contributed by atoms with Crippen LogP contribution in [0.1, 0.15) is 70.4 Å². The summed E-state index contributed by atoms with van der Waals surface area (Å²) in [5.74, 6) is -1.32. The first kappa shape index (κ1) is 19.2. The number of hydrazone groups is 1. The molecule has 5 nitrogen and oxygen atoms in total. The Bertz CT molecular complexity index is 607. The first-order valence-electron chi connectivity index (χ1n) is 9.11. The second-order valence-corrected chi connectivity index (χ2v) is 7.73. The number of carbonyl (C=O) groups excluding carboxylic acids is 2. The summed E-state index contributed by atoms with van der Waals surface area (Å²) in [4.78, 5) is 23.8. The number of hydrogen-bond donors (Lipinski definition) is 2. The van der Waals surface area contributed by atoms with Gasteiger partial charge in [-0.1, -0.05) is 70.7 Å². The molecule has 2 amide bonds. The van der Waals surface area contributed by atoms with E-state index < -0.39 is 11.8 Å². The predicted molar refractivity (Wildman–Crippen MR) is 101 cm³/mol. The van der Waals surface area contributed by atoms with Gasteiger partial charge in [0.05, 0.1) is 6.21 Å². The summed E-state index contributed by atoms with van der Waals surface area (Å²) in [6.07, 6.45) is 8.06. The Morgan fingerprint density at radius 2 is 1.60 bits per heavy atom. The van der Waals surface area contributed by atoms with Gasteiger partial charge in [-0.2, -0.15) is 5.10 Å². The summed E-state index contributed by atoms with van der Waals surface area (Å²) >= 11 is 0. The summed E-state index contributed by atoms with van der Waals surface area (Å²) in [5, 5.41) is 6.69. The van der Waals surface area contributed by atoms with Crippen molar-refractivity contribution in [2.75, 3.05) is 0 Å². The molecule has 1 aliphatic carbocycles. The van der Waals surface area contributed by atoms with E-state index in [1.54, 1.807) is 6.21 Å². The molecule has 2 rings (SSSR count). The Morgan fingerprint density at radius 3 is 2.16 bits per heavy atom. The summed E-state index contributed by atoms with van der Waals surface area (Å²) < 4.78 is 0. The second kappa shape index (κ2) is 8.79. The third kappa shape index (κ3) is 6.33. The van der Waals surface area contributed by atoms with Crippen molar-refractivity contribution < 1.29 is 9.59 Å². The van der Waals surface area contributed by atoms with Crippen LogP contribution < -0.4 is 10.7 Å². The monoisotopic (exact) mass is 343 g/mol. The Labute approximate surface area is 150 Å². The minimum atomic E-state index is -0.716. The van der Waals surface area contributed by atoms with Crippen LogP contribution in [0.4, 0.5) is 0 Å². The number of amides is 2. The summed E-state index contributed by atoms with van der Waals surface area (Å²) in [6, 6.07) is 8.09. The maximum atomic E-state index is 11.9. The average molecular weight is 343 g/mol. The van der Waals surface area contributed by atoms with Crippen molar-refractivity contribution in [2.24, 2.45) is 5.10 Å². The third-order valence-corrected chi connectivity index (χ3v) is 4.55. The maximum Gasteiger partial charge on any atom is 0.329 e. The molecule has 0 saturated heterocycles. The van der Waals surface area contributed by atoms with Crippen molar-refractivity contribution in [1.29, 1.82) is 0 Å². The molecule has 2 N–H and O–H groups in total. The van der Waals surface area contributed by atoms with Crippen LogP contribution in [0.2, 0.25) is 0 Å². The van der Waals surface area contributed by atoms with Crippen LogP contribution in [0, 0.1) is 0 Å². The van der Waals surface area contributed by atoms with Crippen molar-refractivity contribution in [3.05, 3.63) is 35.4 Å². The molecule has 5 heteroatoms. The topological polar surface area (TPSA) is 70.6 Å². The van der Waals surface area contributed by atoms with Crippen molar-refractivity contribution in [1.82, 2.24) is 10.7 Å². The van der Waals surface area contributed by atoms with E-state index in [4.69, 9.17) is 0 Å². The molecule has 1 aromatic carbocycles. The van der Waals surface area contributed by atoms with Gasteiger partial charge in [0.25, 0.3) is 0 Å². The Hall–Kier alpha value is -2.17. The van der Waals surface area contributed by atoms with Gasteiger partial charge in [0.15, 0.2) is 0 Å². The van der Waals surface area contributed by atoms with Crippen LogP contribution in [-0.2, 0) is 15.0 Å². The second-order valence-electron chi connectivity index (χ2n) is 7.73. The zero-order valence-corrected chi connectivity index (χ0v) is 15.5. The smallest absolute Gasteiger partial charge is 0.329 e. The molecule has 0 atom stereocenters. The fourth-order valence-corrected chi connectivity index (χ4v) is 2.96. The van der Waals surface area contributed by atoms with Gasteiger partial charge in [0, 0.05) is 6.04 Å². The summed E-state index contributed by atoms with van der Waals surface area (Å²) in [6.45, 7) is 6.47. The van der Waals surface area contributed by atoms with E-state index in [1.807, 2.05) is 24.3 Å². The van der Waals surface area contributed by atoms with E-state index in [2.05, 4.69) is 36.6 Å². The van der Waals surface area contributed by atoms with Crippen molar-refractivity contribution in [2.45, 2.75) is 70.8 Å². The maximum absolute atomic E-state index is 11.9. The molecule has 1 saturated carbocycles. The molecule has 0 spiro atoms. The average Bonchev–Trinajstić information content (AvgIpc) is 2.83. The third-order valence-electron chi connectivity index (χ3n) is 4.55. The highest BCUT2D eigenvalue weighted by atomic mass is 16.2. The standard InChI is InChI=1S/C20H29N3O2/c1-20(2,3)16-12-10-15(11-13-16)14-21-23-19(25)18(24)22-17-8-6-4-5-7-9-17/h10-14,17H,4-9H2,1-3H3,(H,22,24)(H,23,25)/b21-14-. The van der Waals surface area contributed by atoms with Crippen LogP contribution in [0.25, 0.3) is 0 Å². The minimum absolute atomic E-state index is 0.0972. The van der Waals surface area contributed by atoms with Crippen LogP contribution >= 0.6 is 0 Å². The summed E-state index contributed by atoms with van der Waals surface area (Å²) in [5.41, 5.74) is 4.50. The van der Waals surface area contributed by atoms with Crippen LogP contribution in [0.3, 0.4) is 0 Å². The van der Waals surface area contributed by atoms with Gasteiger partial charge in [-0.15, -0.1) is 0 Å². The molecule has 0 radical (unpaired) electrons. The molecule has 25 heavy (non-hydrogen) atoms. The van der Waals surface area contributed by atoms with E-state index in [1.165, 1.54) is 18.4 Å². The molecule has 0 aromatic heterocycles. The molecule has 1 aromatic rings. The lowest BCUT2D eigenvalue weighted by molar-refractivity contribution is -0.139. The lowest BCUT2D eigenvalue weighted by Crippen LogP contribution is -2.43. The van der Waals surface area contributed by atoms with E-state index in [9.17, 15) is 9.59 Å². The largest absolute Gasteiger partial charge is 0.345 e. The number of nitrogens with one attached hydrogen (secondary N) is 2. The van der Waals surface area contributed by atoms with Gasteiger partial charge in [-0.3, -0.25) is 9.59 Å². The van der Waals surface area contributed by atoms with Crippen molar-refractivity contribution in [3.63, 3.8) is 0 Å². The zero-order valence-electron chi connectivity index (χ0n) is 15.5. The highest BCUT2D eigenvalue weighted by molar-refractivity contribution is 6.35. The Kier molecular flexibility index (Phi) is 6.73. The molecule has 1 fully saturated rings. The minimum Gasteiger partial charge on any atom is -0.345 e. The lowest BCUT2D eigenvalue weighted by Gasteiger charge is -2.18. The number of benzene rings is 1. The highest BCUT2D eigenvalue weighted by Gasteiger charge is 2.19. The van der Waals surface area contributed by atoms with Crippen molar-refractivity contribution in [3.8, 4) is 0 Å². The predicted octanol–water partition coefficient (Wildman–Crippen LogP) is 3.27. The Morgan fingerprint density at radius 1 is 1.00 bits per heavy atom. The summed E-state index contributed by atoms with van der Waals surface area (Å²) in [7, 11) is 0. The number of hydrogen-bond acceptors (Lipinski definition) is 3. The normalized spacial score (nSPS) is 16.4. The highest BCUT2D eigenvalue weighted by Crippen LogP contribution is 2.21. The van der Waals surface area contributed by atoms with Gasteiger partial charge in [-0.25, -0.2) is 5.43 Å². The molecule has 0 aliphatic heterocycles. The molecule has 136 valence electrons. The molecule has 1 aliphatic rings. The van der Waals surface area contributed by atoms with Crippen LogP contribution in [0.15, 0.2) is 29.4 Å². The quantitative estimate of drug-likeness (QED) is 0.383. The number of rotatable bonds is 3. The fraction of sp³-hybridized carbons (Fsp3) is 0.550. The van der Waals surface area contributed by atoms with Gasteiger partial charge >= 0.3 is 11.8 Å². The number of carbonyl (C=O) groups is 2. The Balaban J connectivity index is 1.82. The van der Waals surface area contributed by atoms with Gasteiger partial charge in [0.1, 0.15) is 0 Å². The van der Waals surface area contributed by atoms with E-state index in [-0.39, 0.29) is 11.5 Å². The van der Waals surface area contributed by atoms with Crippen molar-refractivity contribution >= 4 is 18.0 Å². The molecule has 0 unspecified atom stereocenters.